The number of aromatic nitrogens is 1. The van der Waals surface area contributed by atoms with E-state index in [1.807, 2.05) is 18.2 Å². The van der Waals surface area contributed by atoms with Gasteiger partial charge in [0.25, 0.3) is 0 Å². The Morgan fingerprint density at radius 3 is 2.65 bits per heavy atom. The van der Waals surface area contributed by atoms with Gasteiger partial charge < -0.3 is 10.1 Å². The predicted octanol–water partition coefficient (Wildman–Crippen LogP) is 5.37. The van der Waals surface area contributed by atoms with E-state index in [1.54, 1.807) is 19.2 Å². The largest absolute Gasteiger partial charge is 0.481 e. The zero-order chi connectivity index (χ0) is 21.8. The van der Waals surface area contributed by atoms with Crippen molar-refractivity contribution in [2.75, 3.05) is 12.4 Å². The van der Waals surface area contributed by atoms with Crippen LogP contribution in [0.5, 0.6) is 5.88 Å². The van der Waals surface area contributed by atoms with E-state index in [0.717, 1.165) is 56.9 Å². The number of carbonyl (C=O) groups is 2. The van der Waals surface area contributed by atoms with Crippen LogP contribution in [0.1, 0.15) is 66.4 Å². The van der Waals surface area contributed by atoms with E-state index in [-0.39, 0.29) is 17.7 Å². The van der Waals surface area contributed by atoms with E-state index in [0.29, 0.717) is 23.4 Å². The number of anilines is 1. The van der Waals surface area contributed by atoms with Gasteiger partial charge in [0.2, 0.25) is 11.8 Å². The van der Waals surface area contributed by atoms with Crippen LogP contribution in [0.15, 0.2) is 36.4 Å². The maximum Gasteiger partial charge on any atom is 0.228 e. The highest BCUT2D eigenvalue weighted by Gasteiger charge is 2.32. The van der Waals surface area contributed by atoms with Crippen molar-refractivity contribution in [3.05, 3.63) is 53.1 Å². The van der Waals surface area contributed by atoms with Crippen LogP contribution in [0, 0.1) is 24.7 Å². The highest BCUT2D eigenvalue weighted by molar-refractivity contribution is 5.99. The first-order valence-corrected chi connectivity index (χ1v) is 11.5. The van der Waals surface area contributed by atoms with Crippen molar-refractivity contribution in [3.8, 4) is 5.88 Å². The highest BCUT2D eigenvalue weighted by atomic mass is 16.5. The van der Waals surface area contributed by atoms with Crippen LogP contribution in [-0.4, -0.2) is 23.8 Å². The van der Waals surface area contributed by atoms with Gasteiger partial charge in [-0.2, -0.15) is 4.98 Å². The molecule has 1 heterocycles. The van der Waals surface area contributed by atoms with Crippen LogP contribution in [0.2, 0.25) is 0 Å². The van der Waals surface area contributed by atoms with Crippen molar-refractivity contribution < 1.29 is 14.3 Å². The maximum atomic E-state index is 13.2. The minimum absolute atomic E-state index is 0.0115. The molecule has 0 aliphatic heterocycles. The number of ether oxygens (including phenoxy) is 1. The Kier molecular flexibility index (Phi) is 6.69. The van der Waals surface area contributed by atoms with Crippen LogP contribution >= 0.6 is 0 Å². The number of fused-ring (bicyclic) bond motifs is 1. The molecule has 31 heavy (non-hydrogen) atoms. The van der Waals surface area contributed by atoms with Crippen molar-refractivity contribution in [1.82, 2.24) is 4.98 Å². The fourth-order valence-electron chi connectivity index (χ4n) is 5.26. The summed E-state index contributed by atoms with van der Waals surface area (Å²) in [5.74, 6) is 2.06. The van der Waals surface area contributed by atoms with E-state index in [1.165, 1.54) is 11.1 Å². The van der Waals surface area contributed by atoms with Crippen LogP contribution in [0.4, 0.5) is 5.82 Å². The molecule has 1 unspecified atom stereocenters. The SMILES string of the molecule is COc1cccc(NC(=O)C2CCC(CC3CCCc4c(C)cccc4C3=O)CC2)n1. The summed E-state index contributed by atoms with van der Waals surface area (Å²) in [7, 11) is 1.56. The molecule has 1 amide bonds. The first-order chi connectivity index (χ1) is 15.0. The summed E-state index contributed by atoms with van der Waals surface area (Å²) in [6, 6.07) is 11.5. The number of aryl methyl sites for hydroxylation is 1. The third kappa shape index (κ3) is 4.97. The first kappa shape index (κ1) is 21.5. The fourth-order valence-corrected chi connectivity index (χ4v) is 5.26. The van der Waals surface area contributed by atoms with Gasteiger partial charge in [-0.05, 0) is 81.4 Å². The average Bonchev–Trinajstić information content (AvgIpc) is 2.94. The Labute approximate surface area is 184 Å². The normalized spacial score (nSPS) is 23.5. The molecule has 2 aliphatic rings. The molecule has 2 aromatic rings. The van der Waals surface area contributed by atoms with E-state index >= 15 is 0 Å². The number of amides is 1. The van der Waals surface area contributed by atoms with Gasteiger partial charge in [0, 0.05) is 23.5 Å². The number of nitrogens with zero attached hydrogens (tertiary/aromatic N) is 1. The smallest absolute Gasteiger partial charge is 0.228 e. The van der Waals surface area contributed by atoms with Crippen molar-refractivity contribution >= 4 is 17.5 Å². The number of benzene rings is 1. The van der Waals surface area contributed by atoms with Gasteiger partial charge >= 0.3 is 0 Å². The van der Waals surface area contributed by atoms with Crippen molar-refractivity contribution in [1.29, 1.82) is 0 Å². The van der Waals surface area contributed by atoms with E-state index in [9.17, 15) is 9.59 Å². The quantitative estimate of drug-likeness (QED) is 0.661. The molecular weight excluding hydrogens is 388 g/mol. The summed E-state index contributed by atoms with van der Waals surface area (Å²) < 4.78 is 5.12. The van der Waals surface area contributed by atoms with Crippen LogP contribution in [0.25, 0.3) is 0 Å². The summed E-state index contributed by atoms with van der Waals surface area (Å²) in [4.78, 5) is 30.2. The summed E-state index contributed by atoms with van der Waals surface area (Å²) in [6.07, 6.45) is 7.79. The summed E-state index contributed by atoms with van der Waals surface area (Å²) >= 11 is 0. The minimum atomic E-state index is 0.0115. The van der Waals surface area contributed by atoms with Crippen molar-refractivity contribution in [2.24, 2.45) is 17.8 Å². The third-order valence-electron chi connectivity index (χ3n) is 7.05. The number of hydrogen-bond acceptors (Lipinski definition) is 4. The molecule has 5 heteroatoms. The molecule has 1 aromatic carbocycles. The Bertz CT molecular complexity index is 947. The van der Waals surface area contributed by atoms with E-state index in [4.69, 9.17) is 4.74 Å². The fraction of sp³-hybridized carbons (Fsp3) is 0.500. The van der Waals surface area contributed by atoms with Crippen LogP contribution < -0.4 is 10.1 Å². The molecular formula is C26H32N2O3. The van der Waals surface area contributed by atoms with Gasteiger partial charge in [0.1, 0.15) is 5.82 Å². The average molecular weight is 421 g/mol. The molecule has 2 aliphatic carbocycles. The molecule has 0 bridgehead atoms. The number of methoxy groups -OCH3 is 1. The summed E-state index contributed by atoms with van der Waals surface area (Å²) in [6.45, 7) is 2.11. The van der Waals surface area contributed by atoms with Crippen LogP contribution in [0.3, 0.4) is 0 Å². The van der Waals surface area contributed by atoms with Gasteiger partial charge in [-0.15, -0.1) is 0 Å². The molecule has 0 radical (unpaired) electrons. The molecule has 1 saturated carbocycles. The zero-order valence-electron chi connectivity index (χ0n) is 18.5. The number of Topliss-reactive ketones (excluding diaryl/α,β-unsaturated/α-hetero) is 1. The van der Waals surface area contributed by atoms with Crippen molar-refractivity contribution in [2.45, 2.75) is 58.3 Å². The number of carbonyl (C=O) groups excluding carboxylic acids is 2. The molecule has 1 aromatic heterocycles. The van der Waals surface area contributed by atoms with Gasteiger partial charge in [-0.3, -0.25) is 9.59 Å². The predicted molar refractivity (Wildman–Crippen MR) is 121 cm³/mol. The lowest BCUT2D eigenvalue weighted by Gasteiger charge is -2.29. The topological polar surface area (TPSA) is 68.3 Å². The molecule has 1 N–H and O–H groups in total. The Morgan fingerprint density at radius 2 is 1.87 bits per heavy atom. The molecule has 1 fully saturated rings. The number of ketones is 1. The molecule has 5 nitrogen and oxygen atoms in total. The lowest BCUT2D eigenvalue weighted by atomic mass is 9.76. The second-order valence-electron chi connectivity index (χ2n) is 9.06. The lowest BCUT2D eigenvalue weighted by molar-refractivity contribution is -0.121. The Balaban J connectivity index is 1.32. The second kappa shape index (κ2) is 9.63. The zero-order valence-corrected chi connectivity index (χ0v) is 18.5. The lowest BCUT2D eigenvalue weighted by Crippen LogP contribution is -2.29. The minimum Gasteiger partial charge on any atom is -0.481 e. The third-order valence-corrected chi connectivity index (χ3v) is 7.05. The standard InChI is InChI=1S/C26H32N2O3/c1-17-6-3-9-22-21(17)8-4-7-20(25(22)29)16-18-12-14-19(15-13-18)26(30)28-23-10-5-11-24(27-23)31-2/h3,5-6,9-11,18-20H,4,7-8,12-16H2,1-2H3,(H,27,28,30). The number of pyridine rings is 1. The van der Waals surface area contributed by atoms with E-state index in [2.05, 4.69) is 23.3 Å². The monoisotopic (exact) mass is 420 g/mol. The maximum absolute atomic E-state index is 13.2. The van der Waals surface area contributed by atoms with Gasteiger partial charge in [0.15, 0.2) is 5.78 Å². The summed E-state index contributed by atoms with van der Waals surface area (Å²) in [5.41, 5.74) is 3.44. The Morgan fingerprint density at radius 1 is 1.10 bits per heavy atom. The number of hydrogen-bond donors (Lipinski definition) is 1. The van der Waals surface area contributed by atoms with Gasteiger partial charge in [-0.1, -0.05) is 24.3 Å². The number of nitrogens with one attached hydrogen (secondary N) is 1. The molecule has 164 valence electrons. The molecule has 1 atom stereocenters. The van der Waals surface area contributed by atoms with Crippen molar-refractivity contribution in [3.63, 3.8) is 0 Å². The highest BCUT2D eigenvalue weighted by Crippen LogP contribution is 2.37. The first-order valence-electron chi connectivity index (χ1n) is 11.5. The Hall–Kier alpha value is -2.69. The number of rotatable bonds is 5. The van der Waals surface area contributed by atoms with Crippen LogP contribution in [-0.2, 0) is 11.2 Å². The van der Waals surface area contributed by atoms with E-state index < -0.39 is 0 Å². The summed E-state index contributed by atoms with van der Waals surface area (Å²) in [5, 5.41) is 2.93. The molecule has 4 rings (SSSR count). The molecule has 0 spiro atoms. The second-order valence-corrected chi connectivity index (χ2v) is 9.06. The van der Waals surface area contributed by atoms with Gasteiger partial charge in [0.05, 0.1) is 7.11 Å². The van der Waals surface area contributed by atoms with Gasteiger partial charge in [-0.25, -0.2) is 0 Å². The molecule has 0 saturated heterocycles.